The van der Waals surface area contributed by atoms with Crippen LogP contribution in [0.2, 0.25) is 0 Å². The molecular formula is C23H30F2N2O7S. The summed E-state index contributed by atoms with van der Waals surface area (Å²) in [5, 5.41) is 14.3. The second-order valence-corrected chi connectivity index (χ2v) is 9.71. The average molecular weight is 517 g/mol. The van der Waals surface area contributed by atoms with Crippen LogP contribution in [0.3, 0.4) is 0 Å². The van der Waals surface area contributed by atoms with Crippen molar-refractivity contribution in [3.8, 4) is 11.5 Å². The molecule has 35 heavy (non-hydrogen) atoms. The summed E-state index contributed by atoms with van der Waals surface area (Å²) in [6.45, 7) is 3.06. The molecule has 1 atom stereocenters. The molecule has 9 nitrogen and oxygen atoms in total. The molecule has 2 N–H and O–H groups in total. The molecule has 0 aliphatic heterocycles. The van der Waals surface area contributed by atoms with Crippen molar-refractivity contribution in [2.45, 2.75) is 26.3 Å². The van der Waals surface area contributed by atoms with Crippen LogP contribution >= 0.6 is 0 Å². The number of carbonyl (C=O) groups excluding carboxylic acids is 1. The van der Waals surface area contributed by atoms with Crippen molar-refractivity contribution in [3.05, 3.63) is 47.5 Å². The van der Waals surface area contributed by atoms with Gasteiger partial charge in [0, 0.05) is 6.26 Å². The van der Waals surface area contributed by atoms with Gasteiger partial charge in [0.15, 0.2) is 11.5 Å². The lowest BCUT2D eigenvalue weighted by Crippen LogP contribution is -2.31. The molecule has 0 aromatic heterocycles. The number of esters is 1. The fourth-order valence-electron chi connectivity index (χ4n) is 3.34. The van der Waals surface area contributed by atoms with E-state index < -0.39 is 40.6 Å². The van der Waals surface area contributed by atoms with Crippen LogP contribution in [0.25, 0.3) is 0 Å². The summed E-state index contributed by atoms with van der Waals surface area (Å²) in [7, 11) is -2.17. The Bertz CT molecular complexity index is 1110. The highest BCUT2D eigenvalue weighted by atomic mass is 32.2. The van der Waals surface area contributed by atoms with Crippen molar-refractivity contribution in [2.75, 3.05) is 49.3 Å². The van der Waals surface area contributed by atoms with Crippen molar-refractivity contribution in [1.82, 2.24) is 0 Å². The highest BCUT2D eigenvalue weighted by Crippen LogP contribution is 2.37. The molecule has 2 rings (SSSR count). The second kappa shape index (κ2) is 12.5. The molecule has 0 saturated heterocycles. The van der Waals surface area contributed by atoms with Crippen LogP contribution in [0.1, 0.15) is 35.8 Å². The summed E-state index contributed by atoms with van der Waals surface area (Å²) in [4.78, 5) is 12.1. The molecular weight excluding hydrogens is 486 g/mol. The van der Waals surface area contributed by atoms with E-state index in [4.69, 9.17) is 14.2 Å². The van der Waals surface area contributed by atoms with Crippen LogP contribution in [-0.4, -0.2) is 64.9 Å². The minimum absolute atomic E-state index is 0.00426. The van der Waals surface area contributed by atoms with Crippen molar-refractivity contribution in [2.24, 2.45) is 0 Å². The third-order valence-corrected chi connectivity index (χ3v) is 5.75. The fraction of sp³-hybridized carbons (Fsp3) is 0.435. The van der Waals surface area contributed by atoms with Crippen LogP contribution in [0, 0.1) is 0 Å². The summed E-state index contributed by atoms with van der Waals surface area (Å²) in [6, 6.07) is 7.47. The Morgan fingerprint density at radius 1 is 1.11 bits per heavy atom. The number of hydrogen-bond donors (Lipinski definition) is 2. The predicted molar refractivity (Wildman–Crippen MR) is 128 cm³/mol. The van der Waals surface area contributed by atoms with Gasteiger partial charge in [0.25, 0.3) is 6.43 Å². The first kappa shape index (κ1) is 28.1. The van der Waals surface area contributed by atoms with Crippen LogP contribution in [0.15, 0.2) is 36.4 Å². The van der Waals surface area contributed by atoms with Gasteiger partial charge in [-0.1, -0.05) is 6.07 Å². The zero-order valence-electron chi connectivity index (χ0n) is 20.0. The third-order valence-electron chi connectivity index (χ3n) is 4.83. The third kappa shape index (κ3) is 7.96. The van der Waals surface area contributed by atoms with Gasteiger partial charge in [-0.3, -0.25) is 5.21 Å². The molecule has 0 heterocycles. The van der Waals surface area contributed by atoms with Gasteiger partial charge < -0.3 is 19.5 Å². The number of alkyl halides is 2. The monoisotopic (exact) mass is 516 g/mol. The number of nitrogens with zero attached hydrogens (tertiary/aromatic N) is 1. The molecule has 0 saturated carbocycles. The van der Waals surface area contributed by atoms with Gasteiger partial charge >= 0.3 is 5.97 Å². The molecule has 0 unspecified atom stereocenters. The van der Waals surface area contributed by atoms with Gasteiger partial charge in [-0.2, -0.15) is 0 Å². The highest BCUT2D eigenvalue weighted by molar-refractivity contribution is 7.90. The fourth-order valence-corrected chi connectivity index (χ4v) is 4.24. The van der Waals surface area contributed by atoms with Gasteiger partial charge in [0.05, 0.1) is 55.6 Å². The molecule has 2 aromatic rings. The number of sulfone groups is 1. The first-order chi connectivity index (χ1) is 16.5. The molecule has 2 aromatic carbocycles. The van der Waals surface area contributed by atoms with E-state index in [2.05, 4.69) is 5.32 Å². The lowest BCUT2D eigenvalue weighted by molar-refractivity contribution is 0.0526. The Balaban J connectivity index is 2.59. The molecule has 0 aliphatic carbocycles. The number of hydroxylamine groups is 1. The summed E-state index contributed by atoms with van der Waals surface area (Å²) in [5.74, 6) is -0.424. The molecule has 0 amide bonds. The van der Waals surface area contributed by atoms with Crippen molar-refractivity contribution < 1.29 is 41.4 Å². The number of nitrogens with one attached hydrogen (secondary N) is 1. The lowest BCUT2D eigenvalue weighted by atomic mass is 10.1. The zero-order chi connectivity index (χ0) is 26.2. The summed E-state index contributed by atoms with van der Waals surface area (Å²) >= 11 is 0. The zero-order valence-corrected chi connectivity index (χ0v) is 20.8. The van der Waals surface area contributed by atoms with E-state index in [1.54, 1.807) is 32.0 Å². The smallest absolute Gasteiger partial charge is 0.338 e. The number of rotatable bonds is 13. The van der Waals surface area contributed by atoms with Gasteiger partial charge in [-0.15, -0.1) is 0 Å². The Morgan fingerprint density at radius 2 is 1.83 bits per heavy atom. The topological polar surface area (TPSA) is 114 Å². The second-order valence-electron chi connectivity index (χ2n) is 7.52. The number of carbonyl (C=O) groups is 1. The molecule has 0 radical (unpaired) electrons. The van der Waals surface area contributed by atoms with Crippen LogP contribution in [0.4, 0.5) is 20.2 Å². The maximum Gasteiger partial charge on any atom is 0.338 e. The van der Waals surface area contributed by atoms with Crippen LogP contribution in [0.5, 0.6) is 11.5 Å². The minimum Gasteiger partial charge on any atom is -0.493 e. The summed E-state index contributed by atoms with van der Waals surface area (Å²) < 4.78 is 66.1. The molecule has 0 fully saturated rings. The maximum absolute atomic E-state index is 12.9. The molecule has 0 bridgehead atoms. The highest BCUT2D eigenvalue weighted by Gasteiger charge is 2.28. The van der Waals surface area contributed by atoms with E-state index in [1.807, 2.05) is 0 Å². The number of benzene rings is 2. The molecule has 194 valence electrons. The minimum atomic E-state index is -3.62. The predicted octanol–water partition coefficient (Wildman–Crippen LogP) is 3.93. The quantitative estimate of drug-likeness (QED) is 0.302. The van der Waals surface area contributed by atoms with E-state index in [9.17, 15) is 27.2 Å². The van der Waals surface area contributed by atoms with Crippen LogP contribution < -0.4 is 19.9 Å². The molecule has 12 heteroatoms. The van der Waals surface area contributed by atoms with Gasteiger partial charge in [-0.05, 0) is 49.7 Å². The van der Waals surface area contributed by atoms with Crippen molar-refractivity contribution in [3.63, 3.8) is 0 Å². The largest absolute Gasteiger partial charge is 0.493 e. The van der Waals surface area contributed by atoms with Gasteiger partial charge in [0.2, 0.25) is 0 Å². The van der Waals surface area contributed by atoms with E-state index >= 15 is 0 Å². The van der Waals surface area contributed by atoms with Gasteiger partial charge in [-0.25, -0.2) is 27.1 Å². The number of ether oxygens (including phenoxy) is 3. The summed E-state index contributed by atoms with van der Waals surface area (Å²) in [6.07, 6.45) is -1.70. The Hall–Kier alpha value is -3.12. The maximum atomic E-state index is 12.9. The van der Waals surface area contributed by atoms with E-state index in [0.29, 0.717) is 28.7 Å². The Labute approximate surface area is 203 Å². The number of halogens is 2. The lowest BCUT2D eigenvalue weighted by Gasteiger charge is -2.30. The van der Waals surface area contributed by atoms with Crippen molar-refractivity contribution in [1.29, 1.82) is 0 Å². The SMILES string of the molecule is CCOC(=O)c1ccc(N(O)[C@@H](CS(C)(=O)=O)c2ccc(OC)c(OCC)c2)c(NCC(F)F)c1. The molecule has 0 aliphatic rings. The van der Waals surface area contributed by atoms with Crippen molar-refractivity contribution >= 4 is 27.2 Å². The summed E-state index contributed by atoms with van der Waals surface area (Å²) in [5.41, 5.74) is 0.427. The first-order valence-corrected chi connectivity index (χ1v) is 12.9. The normalized spacial score (nSPS) is 12.2. The van der Waals surface area contributed by atoms with Gasteiger partial charge in [0.1, 0.15) is 9.84 Å². The first-order valence-electron chi connectivity index (χ1n) is 10.8. The number of hydrogen-bond acceptors (Lipinski definition) is 9. The average Bonchev–Trinajstić information content (AvgIpc) is 2.80. The van der Waals surface area contributed by atoms with E-state index in [-0.39, 0.29) is 23.5 Å². The van der Waals surface area contributed by atoms with Crippen LogP contribution in [-0.2, 0) is 14.6 Å². The number of anilines is 2. The Kier molecular flexibility index (Phi) is 10.1. The van der Waals surface area contributed by atoms with E-state index in [1.165, 1.54) is 25.3 Å². The number of methoxy groups -OCH3 is 1. The standard InChI is InChI=1S/C23H30F2N2O7S/c1-5-33-21-12-15(8-10-20(21)32-3)19(14-35(4,30)31)27(29)18-9-7-16(23(28)34-6-2)11-17(18)26-13-22(24)25/h7-12,19,22,26,29H,5-6,13-14H2,1-4H3/t19-/m0/s1. The Morgan fingerprint density at radius 3 is 2.40 bits per heavy atom. The molecule has 0 spiro atoms. The van der Waals surface area contributed by atoms with E-state index in [0.717, 1.165) is 6.26 Å².